The summed E-state index contributed by atoms with van der Waals surface area (Å²) in [4.78, 5) is 11.7. The lowest BCUT2D eigenvalue weighted by Gasteiger charge is -2.12. The molecule has 2 aromatic rings. The van der Waals surface area contributed by atoms with Gasteiger partial charge in [0.2, 0.25) is 0 Å². The molecule has 0 spiro atoms. The summed E-state index contributed by atoms with van der Waals surface area (Å²) in [5.74, 6) is -1.86. The van der Waals surface area contributed by atoms with Crippen molar-refractivity contribution in [3.63, 3.8) is 0 Å². The number of hydrogen-bond donors (Lipinski definition) is 0. The second-order valence-corrected chi connectivity index (χ2v) is 4.54. The van der Waals surface area contributed by atoms with Gasteiger partial charge in [0.05, 0.1) is 5.56 Å². The van der Waals surface area contributed by atoms with E-state index < -0.39 is 23.7 Å². The lowest BCUT2D eigenvalue weighted by atomic mass is 9.97. The van der Waals surface area contributed by atoms with Crippen molar-refractivity contribution in [1.82, 2.24) is 0 Å². The van der Waals surface area contributed by atoms with Gasteiger partial charge in [-0.3, -0.25) is 0 Å². The van der Waals surface area contributed by atoms with Crippen LogP contribution in [0.5, 0.6) is 0 Å². The molecule has 0 aromatic heterocycles. The van der Waals surface area contributed by atoms with Crippen LogP contribution in [-0.2, 0) is 4.74 Å². The van der Waals surface area contributed by atoms with E-state index in [0.29, 0.717) is 11.1 Å². The molecule has 0 bridgehead atoms. The van der Waals surface area contributed by atoms with Crippen molar-refractivity contribution in [2.24, 2.45) is 0 Å². The lowest BCUT2D eigenvalue weighted by Crippen LogP contribution is -2.03. The minimum absolute atomic E-state index is 0.166. The molecule has 19 heavy (non-hydrogen) atoms. The van der Waals surface area contributed by atoms with Gasteiger partial charge in [-0.15, -0.1) is 0 Å². The van der Waals surface area contributed by atoms with Crippen LogP contribution in [0, 0.1) is 18.6 Å². The summed E-state index contributed by atoms with van der Waals surface area (Å²) in [7, 11) is 0. The molecule has 0 saturated carbocycles. The van der Waals surface area contributed by atoms with Gasteiger partial charge in [-0.05, 0) is 25.1 Å². The maximum atomic E-state index is 13.8. The third-order valence-corrected chi connectivity index (χ3v) is 3.18. The smallest absolute Gasteiger partial charge is 0.339 e. The molecule has 0 aliphatic carbocycles. The van der Waals surface area contributed by atoms with E-state index in [1.165, 1.54) is 6.07 Å². The van der Waals surface area contributed by atoms with Gasteiger partial charge in [-0.2, -0.15) is 0 Å². The zero-order valence-electron chi connectivity index (χ0n) is 10.1. The normalized spacial score (nSPS) is 17.2. The first kappa shape index (κ1) is 11.8. The Morgan fingerprint density at radius 3 is 2.58 bits per heavy atom. The third kappa shape index (κ3) is 1.89. The maximum Gasteiger partial charge on any atom is 0.339 e. The SMILES string of the molecule is Cc1ccc2c(c1)C(c1ccc(F)cc1F)OC2=O. The lowest BCUT2D eigenvalue weighted by molar-refractivity contribution is 0.0451. The molecule has 4 heteroatoms. The molecule has 0 N–H and O–H groups in total. The van der Waals surface area contributed by atoms with Crippen molar-refractivity contribution in [2.75, 3.05) is 0 Å². The van der Waals surface area contributed by atoms with E-state index in [1.54, 1.807) is 18.2 Å². The first-order valence-corrected chi connectivity index (χ1v) is 5.83. The summed E-state index contributed by atoms with van der Waals surface area (Å²) in [6.07, 6.45) is -0.803. The van der Waals surface area contributed by atoms with Crippen molar-refractivity contribution in [2.45, 2.75) is 13.0 Å². The zero-order chi connectivity index (χ0) is 13.6. The average molecular weight is 260 g/mol. The van der Waals surface area contributed by atoms with E-state index >= 15 is 0 Å². The Labute approximate surface area is 108 Å². The number of carbonyl (C=O) groups is 1. The highest BCUT2D eigenvalue weighted by Crippen LogP contribution is 2.37. The van der Waals surface area contributed by atoms with Crippen LogP contribution in [0.25, 0.3) is 0 Å². The number of esters is 1. The Balaban J connectivity index is 2.14. The van der Waals surface area contributed by atoms with E-state index in [0.717, 1.165) is 17.7 Å². The van der Waals surface area contributed by atoms with Crippen molar-refractivity contribution in [3.05, 3.63) is 70.3 Å². The molecule has 0 saturated heterocycles. The van der Waals surface area contributed by atoms with Crippen LogP contribution < -0.4 is 0 Å². The van der Waals surface area contributed by atoms with E-state index in [9.17, 15) is 13.6 Å². The Kier molecular flexibility index (Phi) is 2.59. The molecule has 0 fully saturated rings. The summed E-state index contributed by atoms with van der Waals surface area (Å²) < 4.78 is 31.9. The van der Waals surface area contributed by atoms with Gasteiger partial charge < -0.3 is 4.74 Å². The summed E-state index contributed by atoms with van der Waals surface area (Å²) >= 11 is 0. The summed E-state index contributed by atoms with van der Waals surface area (Å²) in [6.45, 7) is 1.88. The van der Waals surface area contributed by atoms with Gasteiger partial charge in [-0.1, -0.05) is 17.7 Å². The van der Waals surface area contributed by atoms with E-state index in [2.05, 4.69) is 0 Å². The third-order valence-electron chi connectivity index (χ3n) is 3.18. The highest BCUT2D eigenvalue weighted by atomic mass is 19.1. The Morgan fingerprint density at radius 1 is 1.05 bits per heavy atom. The molecule has 96 valence electrons. The van der Waals surface area contributed by atoms with Crippen molar-refractivity contribution in [3.8, 4) is 0 Å². The van der Waals surface area contributed by atoms with Crippen molar-refractivity contribution in [1.29, 1.82) is 0 Å². The van der Waals surface area contributed by atoms with Gasteiger partial charge in [0.15, 0.2) is 6.10 Å². The van der Waals surface area contributed by atoms with E-state index in [1.807, 2.05) is 6.92 Å². The minimum atomic E-state index is -0.803. The maximum absolute atomic E-state index is 13.8. The number of fused-ring (bicyclic) bond motifs is 1. The van der Waals surface area contributed by atoms with Crippen LogP contribution in [-0.4, -0.2) is 5.97 Å². The molecule has 1 aliphatic heterocycles. The average Bonchev–Trinajstić information content (AvgIpc) is 2.66. The van der Waals surface area contributed by atoms with Crippen molar-refractivity contribution >= 4 is 5.97 Å². The number of cyclic esters (lactones) is 1. The number of hydrogen-bond acceptors (Lipinski definition) is 2. The molecule has 3 rings (SSSR count). The van der Waals surface area contributed by atoms with Gasteiger partial charge in [0.1, 0.15) is 11.6 Å². The quantitative estimate of drug-likeness (QED) is 0.733. The second kappa shape index (κ2) is 4.16. The number of benzene rings is 2. The van der Waals surface area contributed by atoms with Gasteiger partial charge in [0, 0.05) is 17.2 Å². The highest BCUT2D eigenvalue weighted by Gasteiger charge is 2.33. The van der Waals surface area contributed by atoms with Crippen LogP contribution in [0.1, 0.15) is 33.2 Å². The molecule has 0 amide bonds. The molecule has 2 aromatic carbocycles. The Bertz CT molecular complexity index is 680. The van der Waals surface area contributed by atoms with Gasteiger partial charge in [0.25, 0.3) is 0 Å². The first-order valence-electron chi connectivity index (χ1n) is 5.83. The molecule has 1 atom stereocenters. The van der Waals surface area contributed by atoms with Crippen molar-refractivity contribution < 1.29 is 18.3 Å². The fraction of sp³-hybridized carbons (Fsp3) is 0.133. The highest BCUT2D eigenvalue weighted by molar-refractivity contribution is 5.94. The fourth-order valence-corrected chi connectivity index (χ4v) is 2.26. The monoisotopic (exact) mass is 260 g/mol. The number of rotatable bonds is 1. The summed E-state index contributed by atoms with van der Waals surface area (Å²) in [6, 6.07) is 8.49. The topological polar surface area (TPSA) is 26.3 Å². The van der Waals surface area contributed by atoms with E-state index in [-0.39, 0.29) is 5.56 Å². The molecular weight excluding hydrogens is 250 g/mol. The number of carbonyl (C=O) groups excluding carboxylic acids is 1. The van der Waals surface area contributed by atoms with Crippen LogP contribution in [0.15, 0.2) is 36.4 Å². The molecule has 0 radical (unpaired) electrons. The largest absolute Gasteiger partial charge is 0.449 e. The van der Waals surface area contributed by atoms with Gasteiger partial charge in [-0.25, -0.2) is 13.6 Å². The minimum Gasteiger partial charge on any atom is -0.449 e. The first-order chi connectivity index (χ1) is 9.06. The predicted molar refractivity (Wildman–Crippen MR) is 64.8 cm³/mol. The van der Waals surface area contributed by atoms with Gasteiger partial charge >= 0.3 is 5.97 Å². The molecule has 2 nitrogen and oxygen atoms in total. The molecule has 1 heterocycles. The molecule has 1 unspecified atom stereocenters. The van der Waals surface area contributed by atoms with Crippen LogP contribution in [0.3, 0.4) is 0 Å². The van der Waals surface area contributed by atoms with Crippen LogP contribution in [0.2, 0.25) is 0 Å². The number of ether oxygens (including phenoxy) is 1. The standard InChI is InChI=1S/C15H10F2O2/c1-8-2-4-10-12(6-8)14(19-15(10)18)11-5-3-9(16)7-13(11)17/h2-7,14H,1H3. The second-order valence-electron chi connectivity index (χ2n) is 4.54. The molecule has 1 aliphatic rings. The number of aryl methyl sites for hydroxylation is 1. The summed E-state index contributed by atoms with van der Waals surface area (Å²) in [5, 5.41) is 0. The summed E-state index contributed by atoms with van der Waals surface area (Å²) in [5.41, 5.74) is 2.17. The van der Waals surface area contributed by atoms with Crippen LogP contribution >= 0.6 is 0 Å². The zero-order valence-corrected chi connectivity index (χ0v) is 10.1. The molecular formula is C15H10F2O2. The fourth-order valence-electron chi connectivity index (χ4n) is 2.26. The van der Waals surface area contributed by atoms with Crippen LogP contribution in [0.4, 0.5) is 8.78 Å². The predicted octanol–water partition coefficient (Wildman–Crippen LogP) is 3.53. The number of halogens is 2. The Hall–Kier alpha value is -2.23. The van der Waals surface area contributed by atoms with E-state index in [4.69, 9.17) is 4.74 Å². The Morgan fingerprint density at radius 2 is 1.84 bits per heavy atom.